The van der Waals surface area contributed by atoms with Crippen LogP contribution in [0.5, 0.6) is 0 Å². The summed E-state index contributed by atoms with van der Waals surface area (Å²) in [7, 11) is 0. The van der Waals surface area contributed by atoms with Crippen LogP contribution >= 0.6 is 0 Å². The Hall–Kier alpha value is -0.102. The van der Waals surface area contributed by atoms with Crippen LogP contribution in [0.1, 0.15) is 84.0 Å². The van der Waals surface area contributed by atoms with Gasteiger partial charge >= 0.3 is 5.97 Å². The Labute approximate surface area is 133 Å². The van der Waals surface area contributed by atoms with E-state index in [0.29, 0.717) is 6.42 Å². The van der Waals surface area contributed by atoms with Gasteiger partial charge in [0.25, 0.3) is 0 Å². The van der Waals surface area contributed by atoms with Crippen LogP contribution in [-0.2, 0) is 25.9 Å². The SMILES string of the molecule is CCCCCC/C=C\CCCCCCCC(=O)O.[Mo]. The molecule has 0 spiro atoms. The van der Waals surface area contributed by atoms with Gasteiger partial charge < -0.3 is 5.11 Å². The predicted molar refractivity (Wildman–Crippen MR) is 77.9 cm³/mol. The summed E-state index contributed by atoms with van der Waals surface area (Å²) in [6.45, 7) is 2.24. The summed E-state index contributed by atoms with van der Waals surface area (Å²) in [5.74, 6) is -0.666. The van der Waals surface area contributed by atoms with Crippen LogP contribution in [0, 0.1) is 0 Å². The van der Waals surface area contributed by atoms with Gasteiger partial charge in [0.2, 0.25) is 0 Å². The van der Waals surface area contributed by atoms with E-state index in [2.05, 4.69) is 19.1 Å². The molecular weight excluding hydrogens is 320 g/mol. The minimum Gasteiger partial charge on any atom is -0.481 e. The van der Waals surface area contributed by atoms with E-state index >= 15 is 0 Å². The Bertz CT molecular complexity index is 215. The Morgan fingerprint density at radius 3 is 1.84 bits per heavy atom. The summed E-state index contributed by atoms with van der Waals surface area (Å²) in [5, 5.41) is 8.48. The van der Waals surface area contributed by atoms with Gasteiger partial charge in [-0.3, -0.25) is 4.79 Å². The predicted octanol–water partition coefficient (Wildman–Crippen LogP) is 5.33. The third-order valence-electron chi connectivity index (χ3n) is 3.15. The van der Waals surface area contributed by atoms with Gasteiger partial charge in [-0.1, -0.05) is 57.6 Å². The van der Waals surface area contributed by atoms with Crippen molar-refractivity contribution >= 4 is 5.97 Å². The molecule has 0 bridgehead atoms. The third-order valence-corrected chi connectivity index (χ3v) is 3.15. The molecule has 0 fully saturated rings. The maximum absolute atomic E-state index is 10.3. The van der Waals surface area contributed by atoms with Crippen LogP contribution in [0.4, 0.5) is 0 Å². The number of unbranched alkanes of at least 4 members (excludes halogenated alkanes) is 9. The van der Waals surface area contributed by atoms with Crippen molar-refractivity contribution in [2.75, 3.05) is 0 Å². The van der Waals surface area contributed by atoms with Gasteiger partial charge in [-0.2, -0.15) is 0 Å². The van der Waals surface area contributed by atoms with E-state index in [1.807, 2.05) is 0 Å². The van der Waals surface area contributed by atoms with Gasteiger partial charge in [0.15, 0.2) is 0 Å². The molecule has 0 heterocycles. The summed E-state index contributed by atoms with van der Waals surface area (Å²) in [6, 6.07) is 0. The fourth-order valence-corrected chi connectivity index (χ4v) is 1.99. The number of rotatable bonds is 13. The summed E-state index contributed by atoms with van der Waals surface area (Å²) in [5.41, 5.74) is 0. The molecule has 0 rings (SSSR count). The van der Waals surface area contributed by atoms with Crippen molar-refractivity contribution in [3.8, 4) is 0 Å². The van der Waals surface area contributed by atoms with Gasteiger partial charge in [-0.25, -0.2) is 0 Å². The number of hydrogen-bond donors (Lipinski definition) is 1. The molecule has 0 aliphatic heterocycles. The fourth-order valence-electron chi connectivity index (χ4n) is 1.99. The second kappa shape index (κ2) is 17.9. The Morgan fingerprint density at radius 2 is 1.32 bits per heavy atom. The van der Waals surface area contributed by atoms with Gasteiger partial charge in [0.1, 0.15) is 0 Å². The molecule has 1 N–H and O–H groups in total. The molecule has 0 aromatic rings. The molecule has 0 amide bonds. The smallest absolute Gasteiger partial charge is 0.303 e. The standard InChI is InChI=1S/C16H30O2.Mo/c1-2-3-4-5-6-7-8-9-10-11-12-13-14-15-16(17)18;/h7-8H,2-6,9-15H2,1H3,(H,17,18);/b8-7-;. The van der Waals surface area contributed by atoms with Crippen molar-refractivity contribution in [2.24, 2.45) is 0 Å². The molecule has 0 aromatic heterocycles. The summed E-state index contributed by atoms with van der Waals surface area (Å²) < 4.78 is 0. The van der Waals surface area contributed by atoms with E-state index in [1.165, 1.54) is 57.8 Å². The number of carboxylic acid groups (broad SMARTS) is 1. The Morgan fingerprint density at radius 1 is 0.842 bits per heavy atom. The van der Waals surface area contributed by atoms with Gasteiger partial charge in [-0.15, -0.1) is 0 Å². The largest absolute Gasteiger partial charge is 0.481 e. The zero-order valence-electron chi connectivity index (χ0n) is 12.4. The molecule has 0 saturated heterocycles. The maximum atomic E-state index is 10.3. The normalized spacial score (nSPS) is 10.6. The molecule has 0 aliphatic carbocycles. The molecule has 0 radical (unpaired) electrons. The number of carbonyl (C=O) groups is 1. The molecule has 0 aromatic carbocycles. The first-order chi connectivity index (χ1) is 8.77. The second-order valence-electron chi connectivity index (χ2n) is 5.02. The minimum absolute atomic E-state index is 0. The summed E-state index contributed by atoms with van der Waals surface area (Å²) in [4.78, 5) is 10.3. The molecule has 0 unspecified atom stereocenters. The van der Waals surface area contributed by atoms with Crippen molar-refractivity contribution in [3.05, 3.63) is 12.2 Å². The van der Waals surface area contributed by atoms with Crippen LogP contribution in [-0.4, -0.2) is 11.1 Å². The average Bonchev–Trinajstić information content (AvgIpc) is 2.34. The molecule has 0 atom stereocenters. The quantitative estimate of drug-likeness (QED) is 0.277. The van der Waals surface area contributed by atoms with Crippen LogP contribution in [0.25, 0.3) is 0 Å². The van der Waals surface area contributed by atoms with Crippen LogP contribution in [0.3, 0.4) is 0 Å². The van der Waals surface area contributed by atoms with Crippen LogP contribution < -0.4 is 0 Å². The van der Waals surface area contributed by atoms with E-state index in [0.717, 1.165) is 12.8 Å². The molecule has 2 nitrogen and oxygen atoms in total. The van der Waals surface area contributed by atoms with Crippen molar-refractivity contribution in [1.82, 2.24) is 0 Å². The van der Waals surface area contributed by atoms with Gasteiger partial charge in [0, 0.05) is 27.5 Å². The summed E-state index contributed by atoms with van der Waals surface area (Å²) in [6.07, 6.45) is 18.3. The number of allylic oxidation sites excluding steroid dienone is 2. The zero-order valence-corrected chi connectivity index (χ0v) is 14.4. The molecule has 19 heavy (non-hydrogen) atoms. The first-order valence-corrected chi connectivity index (χ1v) is 7.64. The van der Waals surface area contributed by atoms with Gasteiger partial charge in [-0.05, 0) is 32.1 Å². The average molecular weight is 350 g/mol. The fraction of sp³-hybridized carbons (Fsp3) is 0.812. The van der Waals surface area contributed by atoms with E-state index in [-0.39, 0.29) is 21.1 Å². The summed E-state index contributed by atoms with van der Waals surface area (Å²) >= 11 is 0. The number of carboxylic acids is 1. The molecule has 0 saturated carbocycles. The topological polar surface area (TPSA) is 37.3 Å². The molecule has 112 valence electrons. The van der Waals surface area contributed by atoms with Crippen molar-refractivity contribution in [3.63, 3.8) is 0 Å². The van der Waals surface area contributed by atoms with E-state index in [1.54, 1.807) is 0 Å². The van der Waals surface area contributed by atoms with Crippen molar-refractivity contribution in [2.45, 2.75) is 84.0 Å². The minimum atomic E-state index is -0.666. The van der Waals surface area contributed by atoms with Crippen LogP contribution in [0.2, 0.25) is 0 Å². The molecule has 3 heteroatoms. The van der Waals surface area contributed by atoms with Crippen LogP contribution in [0.15, 0.2) is 12.2 Å². The van der Waals surface area contributed by atoms with E-state index in [9.17, 15) is 4.79 Å². The molecule has 0 aliphatic rings. The van der Waals surface area contributed by atoms with E-state index < -0.39 is 5.97 Å². The Balaban J connectivity index is 0. The number of hydrogen-bond acceptors (Lipinski definition) is 1. The first-order valence-electron chi connectivity index (χ1n) is 7.64. The second-order valence-corrected chi connectivity index (χ2v) is 5.02. The van der Waals surface area contributed by atoms with Crippen molar-refractivity contribution in [1.29, 1.82) is 0 Å². The monoisotopic (exact) mass is 352 g/mol. The van der Waals surface area contributed by atoms with Gasteiger partial charge in [0.05, 0.1) is 0 Å². The Kier molecular flexibility index (Phi) is 20.0. The number of aliphatic carboxylic acids is 1. The van der Waals surface area contributed by atoms with Crippen molar-refractivity contribution < 1.29 is 31.0 Å². The first kappa shape index (κ1) is 21.2. The molecular formula is C16H30MoO2. The zero-order chi connectivity index (χ0) is 13.5. The van der Waals surface area contributed by atoms with E-state index in [4.69, 9.17) is 5.11 Å². The third kappa shape index (κ3) is 20.4. The maximum Gasteiger partial charge on any atom is 0.303 e.